The molecule has 1 aliphatic rings. The SMILES string of the molecule is Cc1cccc(-c2cc(C(C)(C)C)c3nc(C(=O)N4CCN(C(=O)c5ccn[nH]5)CC4(C)C)cn3n2)c1. The zero-order chi connectivity index (χ0) is 26.5. The van der Waals surface area contributed by atoms with Crippen molar-refractivity contribution in [2.75, 3.05) is 19.6 Å². The normalized spacial score (nSPS) is 15.8. The number of imidazole rings is 1. The van der Waals surface area contributed by atoms with E-state index in [4.69, 9.17) is 10.1 Å². The second-order valence-corrected chi connectivity index (χ2v) is 11.4. The van der Waals surface area contributed by atoms with Crippen molar-refractivity contribution < 1.29 is 9.59 Å². The minimum Gasteiger partial charge on any atom is -0.333 e. The number of amides is 2. The smallest absolute Gasteiger partial charge is 0.274 e. The van der Waals surface area contributed by atoms with E-state index in [-0.39, 0.29) is 17.2 Å². The van der Waals surface area contributed by atoms with E-state index < -0.39 is 5.54 Å². The molecule has 37 heavy (non-hydrogen) atoms. The fraction of sp³-hybridized carbons (Fsp3) is 0.393. The Labute approximate surface area is 216 Å². The molecule has 1 fully saturated rings. The Hall–Kier alpha value is -4.01. The lowest BCUT2D eigenvalue weighted by molar-refractivity contribution is 0.0163. The summed E-state index contributed by atoms with van der Waals surface area (Å²) in [5, 5.41) is 11.4. The molecule has 4 aromatic rings. The van der Waals surface area contributed by atoms with Gasteiger partial charge in [0.15, 0.2) is 5.65 Å². The van der Waals surface area contributed by atoms with Gasteiger partial charge in [0.25, 0.3) is 11.8 Å². The van der Waals surface area contributed by atoms with Crippen molar-refractivity contribution in [1.82, 2.24) is 34.6 Å². The zero-order valence-electron chi connectivity index (χ0n) is 22.2. The predicted octanol–water partition coefficient (Wildman–Crippen LogP) is 4.10. The van der Waals surface area contributed by atoms with E-state index in [1.54, 1.807) is 27.9 Å². The summed E-state index contributed by atoms with van der Waals surface area (Å²) in [6, 6.07) is 12.0. The summed E-state index contributed by atoms with van der Waals surface area (Å²) in [6.45, 7) is 13.7. The van der Waals surface area contributed by atoms with Gasteiger partial charge in [-0.3, -0.25) is 14.7 Å². The summed E-state index contributed by atoms with van der Waals surface area (Å²) in [6.07, 6.45) is 3.29. The van der Waals surface area contributed by atoms with Gasteiger partial charge in [0.1, 0.15) is 11.4 Å². The van der Waals surface area contributed by atoms with Crippen molar-refractivity contribution in [3.05, 3.63) is 71.3 Å². The average Bonchev–Trinajstić information content (AvgIpc) is 3.51. The highest BCUT2D eigenvalue weighted by Gasteiger charge is 2.40. The molecule has 1 aliphatic heterocycles. The van der Waals surface area contributed by atoms with Crippen LogP contribution in [0.4, 0.5) is 0 Å². The van der Waals surface area contributed by atoms with Gasteiger partial charge in [0.2, 0.25) is 0 Å². The zero-order valence-corrected chi connectivity index (χ0v) is 22.2. The highest BCUT2D eigenvalue weighted by atomic mass is 16.2. The van der Waals surface area contributed by atoms with Gasteiger partial charge in [0, 0.05) is 37.0 Å². The van der Waals surface area contributed by atoms with Crippen LogP contribution in [0.1, 0.15) is 66.7 Å². The van der Waals surface area contributed by atoms with Crippen LogP contribution in [0.15, 0.2) is 48.8 Å². The molecule has 1 N–H and O–H groups in total. The number of hydrogen-bond donors (Lipinski definition) is 1. The number of aromatic amines is 1. The Morgan fingerprint density at radius 3 is 2.49 bits per heavy atom. The van der Waals surface area contributed by atoms with Crippen molar-refractivity contribution in [2.45, 2.75) is 52.5 Å². The minimum atomic E-state index is -0.576. The number of nitrogens with one attached hydrogen (secondary N) is 1. The van der Waals surface area contributed by atoms with E-state index in [0.717, 1.165) is 22.4 Å². The standard InChI is InChI=1S/C28H33N7O2/c1-18-8-7-9-19(14-18)22-15-20(27(2,3)4)24-30-23(16-35(24)32-22)26(37)34-13-12-33(17-28(34,5)6)25(36)21-10-11-29-31-21/h7-11,14-16H,12-13,17H2,1-6H3,(H,29,31). The lowest BCUT2D eigenvalue weighted by Crippen LogP contribution is -2.62. The molecule has 9 heteroatoms. The predicted molar refractivity (Wildman–Crippen MR) is 141 cm³/mol. The second-order valence-electron chi connectivity index (χ2n) is 11.4. The molecule has 0 atom stereocenters. The Kier molecular flexibility index (Phi) is 5.89. The maximum absolute atomic E-state index is 13.8. The van der Waals surface area contributed by atoms with Crippen LogP contribution in [-0.2, 0) is 5.41 Å². The third-order valence-corrected chi connectivity index (χ3v) is 6.93. The molecule has 9 nitrogen and oxygen atoms in total. The first-order chi connectivity index (χ1) is 17.4. The molecule has 192 valence electrons. The summed E-state index contributed by atoms with van der Waals surface area (Å²) in [4.78, 5) is 34.9. The van der Waals surface area contributed by atoms with Gasteiger partial charge < -0.3 is 9.80 Å². The fourth-order valence-corrected chi connectivity index (χ4v) is 4.97. The van der Waals surface area contributed by atoms with E-state index in [1.165, 1.54) is 0 Å². The molecule has 1 saturated heterocycles. The Bertz CT molecular complexity index is 1480. The van der Waals surface area contributed by atoms with E-state index in [2.05, 4.69) is 56.1 Å². The van der Waals surface area contributed by atoms with Gasteiger partial charge in [-0.15, -0.1) is 0 Å². The number of carbonyl (C=O) groups excluding carboxylic acids is 2. The molecule has 0 unspecified atom stereocenters. The first-order valence-electron chi connectivity index (χ1n) is 12.5. The van der Waals surface area contributed by atoms with Crippen molar-refractivity contribution >= 4 is 17.5 Å². The highest BCUT2D eigenvalue weighted by Crippen LogP contribution is 2.31. The Morgan fingerprint density at radius 1 is 1.05 bits per heavy atom. The third kappa shape index (κ3) is 4.61. The second kappa shape index (κ2) is 8.83. The lowest BCUT2D eigenvalue weighted by Gasteiger charge is -2.46. The van der Waals surface area contributed by atoms with Crippen molar-refractivity contribution in [3.63, 3.8) is 0 Å². The van der Waals surface area contributed by atoms with Crippen LogP contribution in [0.2, 0.25) is 0 Å². The van der Waals surface area contributed by atoms with Gasteiger partial charge in [-0.2, -0.15) is 10.2 Å². The maximum Gasteiger partial charge on any atom is 0.274 e. The molecule has 0 spiro atoms. The van der Waals surface area contributed by atoms with E-state index >= 15 is 0 Å². The molecule has 0 bridgehead atoms. The van der Waals surface area contributed by atoms with Gasteiger partial charge in [-0.25, -0.2) is 9.50 Å². The maximum atomic E-state index is 13.8. The van der Waals surface area contributed by atoms with Crippen LogP contribution in [0.25, 0.3) is 16.9 Å². The number of H-pyrrole nitrogens is 1. The number of aromatic nitrogens is 5. The van der Waals surface area contributed by atoms with Gasteiger partial charge >= 0.3 is 0 Å². The quantitative estimate of drug-likeness (QED) is 0.458. The molecule has 1 aromatic carbocycles. The molecule has 4 heterocycles. The summed E-state index contributed by atoms with van der Waals surface area (Å²) in [5.41, 5.74) is 4.73. The molecular weight excluding hydrogens is 466 g/mol. The third-order valence-electron chi connectivity index (χ3n) is 6.93. The largest absolute Gasteiger partial charge is 0.333 e. The van der Waals surface area contributed by atoms with Crippen LogP contribution in [0, 0.1) is 6.92 Å². The van der Waals surface area contributed by atoms with E-state index in [1.807, 2.05) is 30.9 Å². The first-order valence-corrected chi connectivity index (χ1v) is 12.5. The molecule has 0 aliphatic carbocycles. The lowest BCUT2D eigenvalue weighted by atomic mass is 9.87. The molecular formula is C28H33N7O2. The number of aryl methyl sites for hydroxylation is 1. The minimum absolute atomic E-state index is 0.117. The van der Waals surface area contributed by atoms with Gasteiger partial charge in [0.05, 0.1) is 17.4 Å². The van der Waals surface area contributed by atoms with Crippen molar-refractivity contribution in [2.24, 2.45) is 0 Å². The summed E-state index contributed by atoms with van der Waals surface area (Å²) in [7, 11) is 0. The number of hydrogen-bond acceptors (Lipinski definition) is 5. The molecule has 2 amide bonds. The van der Waals surface area contributed by atoms with Crippen LogP contribution in [0.5, 0.6) is 0 Å². The number of nitrogens with zero attached hydrogens (tertiary/aromatic N) is 6. The van der Waals surface area contributed by atoms with E-state index in [0.29, 0.717) is 36.7 Å². The number of rotatable bonds is 3. The van der Waals surface area contributed by atoms with Crippen LogP contribution < -0.4 is 0 Å². The van der Waals surface area contributed by atoms with Crippen molar-refractivity contribution in [1.29, 1.82) is 0 Å². The Morgan fingerprint density at radius 2 is 1.84 bits per heavy atom. The summed E-state index contributed by atoms with van der Waals surface area (Å²) < 4.78 is 1.73. The molecule has 3 aromatic heterocycles. The fourth-order valence-electron chi connectivity index (χ4n) is 4.97. The molecule has 5 rings (SSSR count). The first kappa shape index (κ1) is 24.7. The number of benzene rings is 1. The number of fused-ring (bicyclic) bond motifs is 1. The summed E-state index contributed by atoms with van der Waals surface area (Å²) in [5.74, 6) is -0.283. The Balaban J connectivity index is 1.48. The van der Waals surface area contributed by atoms with Crippen LogP contribution in [-0.4, -0.2) is 71.6 Å². The highest BCUT2D eigenvalue weighted by molar-refractivity contribution is 5.95. The number of piperazine rings is 1. The number of carbonyl (C=O) groups is 2. The van der Waals surface area contributed by atoms with Gasteiger partial charge in [-0.05, 0) is 44.4 Å². The van der Waals surface area contributed by atoms with E-state index in [9.17, 15) is 9.59 Å². The molecule has 0 saturated carbocycles. The monoisotopic (exact) mass is 499 g/mol. The van der Waals surface area contributed by atoms with Gasteiger partial charge in [-0.1, -0.05) is 44.5 Å². The molecule has 0 radical (unpaired) electrons. The average molecular weight is 500 g/mol. The van der Waals surface area contributed by atoms with Crippen LogP contribution in [0.3, 0.4) is 0 Å². The van der Waals surface area contributed by atoms with Crippen molar-refractivity contribution in [3.8, 4) is 11.3 Å². The van der Waals surface area contributed by atoms with Crippen LogP contribution >= 0.6 is 0 Å². The topological polar surface area (TPSA) is 99.5 Å². The summed E-state index contributed by atoms with van der Waals surface area (Å²) >= 11 is 0.